The molecule has 1 fully saturated rings. The van der Waals surface area contributed by atoms with Crippen LogP contribution in [0.3, 0.4) is 0 Å². The van der Waals surface area contributed by atoms with Crippen LogP contribution in [-0.2, 0) is 6.54 Å². The Hall–Kier alpha value is -0.810. The van der Waals surface area contributed by atoms with Crippen LogP contribution in [0.1, 0.15) is 18.4 Å². The van der Waals surface area contributed by atoms with Crippen LogP contribution in [0, 0.1) is 5.92 Å². The van der Waals surface area contributed by atoms with Crippen molar-refractivity contribution in [1.82, 2.24) is 5.32 Å². The summed E-state index contributed by atoms with van der Waals surface area (Å²) in [6.07, 6.45) is 2.49. The molecule has 0 unspecified atom stereocenters. The third-order valence-corrected chi connectivity index (χ3v) is 4.33. The zero-order valence-corrected chi connectivity index (χ0v) is 11.6. The summed E-state index contributed by atoms with van der Waals surface area (Å²) in [5.41, 5.74) is 0.785. The lowest BCUT2D eigenvalue weighted by atomic mass is 10.0. The summed E-state index contributed by atoms with van der Waals surface area (Å²) in [4.78, 5) is 0. The molecule has 2 nitrogen and oxygen atoms in total. The molecule has 0 aromatic heterocycles. The van der Waals surface area contributed by atoms with Gasteiger partial charge >= 0.3 is 6.61 Å². The van der Waals surface area contributed by atoms with Crippen molar-refractivity contribution in [3.8, 4) is 5.75 Å². The third-order valence-electron chi connectivity index (χ3n) is 3.28. The summed E-state index contributed by atoms with van der Waals surface area (Å²) < 4.78 is 29.0. The number of nitrogens with one attached hydrogen (secondary N) is 1. The number of halogens is 2. The van der Waals surface area contributed by atoms with Gasteiger partial charge in [0.2, 0.25) is 0 Å². The Morgan fingerprint density at radius 3 is 2.74 bits per heavy atom. The first-order chi connectivity index (χ1) is 9.25. The molecule has 0 atom stereocenters. The topological polar surface area (TPSA) is 21.3 Å². The van der Waals surface area contributed by atoms with Gasteiger partial charge in [-0.1, -0.05) is 18.2 Å². The van der Waals surface area contributed by atoms with Gasteiger partial charge in [0.05, 0.1) is 0 Å². The lowest BCUT2D eigenvalue weighted by molar-refractivity contribution is -0.0505. The molecule has 1 aromatic carbocycles. The van der Waals surface area contributed by atoms with E-state index in [0.29, 0.717) is 12.5 Å². The van der Waals surface area contributed by atoms with Gasteiger partial charge in [-0.05, 0) is 42.9 Å². The minimum atomic E-state index is -2.77. The molecule has 1 aliphatic rings. The Balaban J connectivity index is 1.81. The normalized spacial score (nSPS) is 16.8. The van der Waals surface area contributed by atoms with Crippen molar-refractivity contribution in [3.63, 3.8) is 0 Å². The Labute approximate surface area is 116 Å². The van der Waals surface area contributed by atoms with Gasteiger partial charge in [-0.2, -0.15) is 20.5 Å². The van der Waals surface area contributed by atoms with E-state index in [9.17, 15) is 8.78 Å². The van der Waals surface area contributed by atoms with Gasteiger partial charge in [0.1, 0.15) is 5.75 Å². The number of alkyl halides is 2. The van der Waals surface area contributed by atoms with Crippen molar-refractivity contribution >= 4 is 11.8 Å². The second kappa shape index (κ2) is 7.70. The highest BCUT2D eigenvalue weighted by atomic mass is 32.2. The van der Waals surface area contributed by atoms with Gasteiger partial charge in [0, 0.05) is 12.1 Å². The minimum Gasteiger partial charge on any atom is -0.434 e. The van der Waals surface area contributed by atoms with Crippen molar-refractivity contribution in [3.05, 3.63) is 29.8 Å². The molecule has 1 saturated heterocycles. The van der Waals surface area contributed by atoms with Gasteiger partial charge in [0.25, 0.3) is 0 Å². The van der Waals surface area contributed by atoms with Gasteiger partial charge in [-0.15, -0.1) is 0 Å². The fraction of sp³-hybridized carbons (Fsp3) is 0.571. The zero-order valence-electron chi connectivity index (χ0n) is 10.8. The number of ether oxygens (including phenoxy) is 1. The maximum atomic E-state index is 12.3. The molecule has 0 amide bonds. The van der Waals surface area contributed by atoms with Crippen LogP contribution < -0.4 is 10.1 Å². The second-order valence-electron chi connectivity index (χ2n) is 4.67. The molecular weight excluding hydrogens is 268 g/mol. The number of benzene rings is 1. The van der Waals surface area contributed by atoms with Crippen LogP contribution in [0.2, 0.25) is 0 Å². The van der Waals surface area contributed by atoms with Gasteiger partial charge in [-0.3, -0.25) is 0 Å². The highest BCUT2D eigenvalue weighted by Gasteiger charge is 2.14. The fourth-order valence-electron chi connectivity index (χ4n) is 2.22. The molecule has 0 spiro atoms. The summed E-state index contributed by atoms with van der Waals surface area (Å²) in [5.74, 6) is 3.45. The SMILES string of the molecule is FC(F)Oc1ccccc1CNCC1CCSCC1. The van der Waals surface area contributed by atoms with Crippen LogP contribution in [0.15, 0.2) is 24.3 Å². The Kier molecular flexibility index (Phi) is 5.92. The van der Waals surface area contributed by atoms with Crippen LogP contribution in [0.25, 0.3) is 0 Å². The van der Waals surface area contributed by atoms with E-state index in [1.54, 1.807) is 12.1 Å². The van der Waals surface area contributed by atoms with E-state index >= 15 is 0 Å². The van der Waals surface area contributed by atoms with Gasteiger partial charge in [0.15, 0.2) is 0 Å². The fourth-order valence-corrected chi connectivity index (χ4v) is 3.43. The third kappa shape index (κ3) is 4.99. The average molecular weight is 287 g/mol. The van der Waals surface area contributed by atoms with E-state index in [1.807, 2.05) is 23.9 Å². The molecule has 0 radical (unpaired) electrons. The predicted octanol–water partition coefficient (Wildman–Crippen LogP) is 3.52. The second-order valence-corrected chi connectivity index (χ2v) is 5.90. The Morgan fingerprint density at radius 2 is 2.00 bits per heavy atom. The summed E-state index contributed by atoms with van der Waals surface area (Å²) in [6, 6.07) is 6.95. The highest BCUT2D eigenvalue weighted by molar-refractivity contribution is 7.99. The predicted molar refractivity (Wildman–Crippen MR) is 74.8 cm³/mol. The molecule has 1 aliphatic heterocycles. The molecule has 2 rings (SSSR count). The van der Waals surface area contributed by atoms with E-state index in [4.69, 9.17) is 0 Å². The van der Waals surface area contributed by atoms with Crippen molar-refractivity contribution in [2.24, 2.45) is 5.92 Å². The van der Waals surface area contributed by atoms with E-state index in [-0.39, 0.29) is 5.75 Å². The standard InChI is InChI=1S/C14H19F2NOS/c15-14(16)18-13-4-2-1-3-12(13)10-17-9-11-5-7-19-8-6-11/h1-4,11,14,17H,5-10H2. The molecule has 19 heavy (non-hydrogen) atoms. The Morgan fingerprint density at radius 1 is 1.26 bits per heavy atom. The molecule has 106 valence electrons. The quantitative estimate of drug-likeness (QED) is 0.865. The summed E-state index contributed by atoms with van der Waals surface area (Å²) >= 11 is 2.01. The molecule has 0 saturated carbocycles. The monoisotopic (exact) mass is 287 g/mol. The molecule has 5 heteroatoms. The number of hydrogen-bond donors (Lipinski definition) is 1. The van der Waals surface area contributed by atoms with Gasteiger partial charge in [-0.25, -0.2) is 0 Å². The van der Waals surface area contributed by atoms with Crippen LogP contribution in [-0.4, -0.2) is 24.7 Å². The van der Waals surface area contributed by atoms with Crippen LogP contribution >= 0.6 is 11.8 Å². The first-order valence-corrected chi connectivity index (χ1v) is 7.72. The molecular formula is C14H19F2NOS. The molecule has 1 N–H and O–H groups in total. The van der Waals surface area contributed by atoms with Crippen molar-refractivity contribution in [2.75, 3.05) is 18.1 Å². The number of para-hydroxylation sites is 1. The zero-order chi connectivity index (χ0) is 13.5. The van der Waals surface area contributed by atoms with Crippen LogP contribution in [0.4, 0.5) is 8.78 Å². The van der Waals surface area contributed by atoms with E-state index in [1.165, 1.54) is 24.3 Å². The van der Waals surface area contributed by atoms with Crippen LogP contribution in [0.5, 0.6) is 5.75 Å². The highest BCUT2D eigenvalue weighted by Crippen LogP contribution is 2.23. The van der Waals surface area contributed by atoms with E-state index < -0.39 is 6.61 Å². The summed E-state index contributed by atoms with van der Waals surface area (Å²) in [7, 11) is 0. The lowest BCUT2D eigenvalue weighted by Gasteiger charge is -2.21. The number of hydrogen-bond acceptors (Lipinski definition) is 3. The number of rotatable bonds is 6. The number of thioether (sulfide) groups is 1. The first kappa shape index (κ1) is 14.6. The minimum absolute atomic E-state index is 0.268. The maximum absolute atomic E-state index is 12.3. The maximum Gasteiger partial charge on any atom is 0.387 e. The molecule has 1 heterocycles. The smallest absolute Gasteiger partial charge is 0.387 e. The van der Waals surface area contributed by atoms with Crippen molar-refractivity contribution in [2.45, 2.75) is 26.0 Å². The van der Waals surface area contributed by atoms with Crippen molar-refractivity contribution in [1.29, 1.82) is 0 Å². The first-order valence-electron chi connectivity index (χ1n) is 6.57. The molecule has 1 aromatic rings. The molecule has 0 aliphatic carbocycles. The lowest BCUT2D eigenvalue weighted by Crippen LogP contribution is -2.25. The summed E-state index contributed by atoms with van der Waals surface area (Å²) in [6.45, 7) is -1.24. The van der Waals surface area contributed by atoms with Crippen molar-refractivity contribution < 1.29 is 13.5 Å². The molecule has 0 bridgehead atoms. The average Bonchev–Trinajstić information content (AvgIpc) is 2.41. The van der Waals surface area contributed by atoms with E-state index in [0.717, 1.165) is 12.1 Å². The van der Waals surface area contributed by atoms with E-state index in [2.05, 4.69) is 10.1 Å². The van der Waals surface area contributed by atoms with Gasteiger partial charge < -0.3 is 10.1 Å². The Bertz CT molecular complexity index is 383. The summed E-state index contributed by atoms with van der Waals surface area (Å²) in [5, 5.41) is 3.35. The largest absolute Gasteiger partial charge is 0.434 e.